The third-order valence-electron chi connectivity index (χ3n) is 3.45. The van der Waals surface area contributed by atoms with Crippen molar-refractivity contribution >= 4 is 11.4 Å². The van der Waals surface area contributed by atoms with Gasteiger partial charge < -0.3 is 10.6 Å². The van der Waals surface area contributed by atoms with Crippen LogP contribution in [0.25, 0.3) is 0 Å². The summed E-state index contributed by atoms with van der Waals surface area (Å²) in [5, 5.41) is 0. The van der Waals surface area contributed by atoms with Gasteiger partial charge in [0.05, 0.1) is 0 Å². The smallest absolute Gasteiger partial charge is 0.0459 e. The lowest BCUT2D eigenvalue weighted by molar-refractivity contribution is 0.697. The van der Waals surface area contributed by atoms with Crippen LogP contribution in [0.1, 0.15) is 31.9 Å². The SMILES string of the molecule is CCC(N)c1ccccc1N(CC)c1ccccc1. The molecule has 1 unspecified atom stereocenters. The van der Waals surface area contributed by atoms with Gasteiger partial charge in [0.25, 0.3) is 0 Å². The first-order valence-electron chi connectivity index (χ1n) is 6.95. The quantitative estimate of drug-likeness (QED) is 0.864. The van der Waals surface area contributed by atoms with Gasteiger partial charge in [-0.05, 0) is 37.1 Å². The normalized spacial score (nSPS) is 12.2. The number of rotatable bonds is 5. The summed E-state index contributed by atoms with van der Waals surface area (Å²) >= 11 is 0. The molecular formula is C17H22N2. The molecule has 0 aliphatic heterocycles. The number of nitrogens with two attached hydrogens (primary N) is 1. The van der Waals surface area contributed by atoms with Crippen molar-refractivity contribution in [2.24, 2.45) is 5.73 Å². The Morgan fingerprint density at radius 2 is 1.58 bits per heavy atom. The molecule has 100 valence electrons. The summed E-state index contributed by atoms with van der Waals surface area (Å²) in [5.41, 5.74) is 9.88. The highest BCUT2D eigenvalue weighted by atomic mass is 15.1. The summed E-state index contributed by atoms with van der Waals surface area (Å²) in [6, 6.07) is 19.0. The van der Waals surface area contributed by atoms with Crippen LogP contribution in [0.3, 0.4) is 0 Å². The van der Waals surface area contributed by atoms with Crippen molar-refractivity contribution in [2.45, 2.75) is 26.3 Å². The Kier molecular flexibility index (Phi) is 4.58. The van der Waals surface area contributed by atoms with E-state index in [0.29, 0.717) is 0 Å². The molecule has 0 heterocycles. The van der Waals surface area contributed by atoms with E-state index < -0.39 is 0 Å². The Morgan fingerprint density at radius 1 is 0.947 bits per heavy atom. The molecular weight excluding hydrogens is 232 g/mol. The van der Waals surface area contributed by atoms with Gasteiger partial charge in [-0.25, -0.2) is 0 Å². The van der Waals surface area contributed by atoms with Gasteiger partial charge in [0, 0.05) is 24.0 Å². The highest BCUT2D eigenvalue weighted by molar-refractivity contribution is 5.66. The van der Waals surface area contributed by atoms with Crippen molar-refractivity contribution in [3.8, 4) is 0 Å². The summed E-state index contributed by atoms with van der Waals surface area (Å²) in [4.78, 5) is 2.31. The van der Waals surface area contributed by atoms with E-state index in [1.165, 1.54) is 16.9 Å². The Bertz CT molecular complexity index is 508. The third-order valence-corrected chi connectivity index (χ3v) is 3.45. The van der Waals surface area contributed by atoms with Gasteiger partial charge in [0.1, 0.15) is 0 Å². The first kappa shape index (κ1) is 13.6. The van der Waals surface area contributed by atoms with Crippen LogP contribution >= 0.6 is 0 Å². The topological polar surface area (TPSA) is 29.3 Å². The van der Waals surface area contributed by atoms with Crippen molar-refractivity contribution in [2.75, 3.05) is 11.4 Å². The van der Waals surface area contributed by atoms with E-state index in [9.17, 15) is 0 Å². The van der Waals surface area contributed by atoms with E-state index in [1.807, 2.05) is 6.07 Å². The molecule has 2 nitrogen and oxygen atoms in total. The Balaban J connectivity index is 2.44. The standard InChI is InChI=1S/C17H22N2/c1-3-16(18)15-12-8-9-13-17(15)19(4-2)14-10-6-5-7-11-14/h5-13,16H,3-4,18H2,1-2H3. The molecule has 2 aromatic carbocycles. The zero-order chi connectivity index (χ0) is 13.7. The van der Waals surface area contributed by atoms with E-state index in [4.69, 9.17) is 5.73 Å². The van der Waals surface area contributed by atoms with Crippen molar-refractivity contribution in [1.29, 1.82) is 0 Å². The van der Waals surface area contributed by atoms with Crippen LogP contribution in [0.2, 0.25) is 0 Å². The summed E-state index contributed by atoms with van der Waals surface area (Å²) < 4.78 is 0. The maximum Gasteiger partial charge on any atom is 0.0459 e. The van der Waals surface area contributed by atoms with Gasteiger partial charge >= 0.3 is 0 Å². The molecule has 0 spiro atoms. The Labute approximate surface area is 115 Å². The summed E-state index contributed by atoms with van der Waals surface area (Å²) in [6.45, 7) is 5.22. The second kappa shape index (κ2) is 6.39. The molecule has 0 radical (unpaired) electrons. The van der Waals surface area contributed by atoms with Crippen molar-refractivity contribution in [1.82, 2.24) is 0 Å². The summed E-state index contributed by atoms with van der Waals surface area (Å²) in [5.74, 6) is 0. The first-order chi connectivity index (χ1) is 9.27. The molecule has 2 aromatic rings. The number of nitrogens with zero attached hydrogens (tertiary/aromatic N) is 1. The fourth-order valence-corrected chi connectivity index (χ4v) is 2.37. The lowest BCUT2D eigenvalue weighted by Crippen LogP contribution is -2.20. The minimum atomic E-state index is 0.0916. The minimum absolute atomic E-state index is 0.0916. The monoisotopic (exact) mass is 254 g/mol. The molecule has 0 aromatic heterocycles. The largest absolute Gasteiger partial charge is 0.341 e. The molecule has 1 atom stereocenters. The zero-order valence-corrected chi connectivity index (χ0v) is 11.7. The van der Waals surface area contributed by atoms with Gasteiger partial charge in [-0.3, -0.25) is 0 Å². The van der Waals surface area contributed by atoms with Crippen molar-refractivity contribution in [3.05, 3.63) is 60.2 Å². The highest BCUT2D eigenvalue weighted by Gasteiger charge is 2.14. The first-order valence-corrected chi connectivity index (χ1v) is 6.95. The predicted octanol–water partition coefficient (Wildman–Crippen LogP) is 4.25. The lowest BCUT2D eigenvalue weighted by Gasteiger charge is -2.27. The van der Waals surface area contributed by atoms with Gasteiger partial charge in [-0.15, -0.1) is 0 Å². The molecule has 2 N–H and O–H groups in total. The fraction of sp³-hybridized carbons (Fsp3) is 0.294. The van der Waals surface area contributed by atoms with E-state index in [1.54, 1.807) is 0 Å². The summed E-state index contributed by atoms with van der Waals surface area (Å²) in [6.07, 6.45) is 0.948. The molecule has 2 rings (SSSR count). The van der Waals surface area contributed by atoms with Crippen LogP contribution in [0, 0.1) is 0 Å². The van der Waals surface area contributed by atoms with Gasteiger partial charge in [-0.1, -0.05) is 43.3 Å². The zero-order valence-electron chi connectivity index (χ0n) is 11.7. The minimum Gasteiger partial charge on any atom is -0.341 e. The number of anilines is 2. The van der Waals surface area contributed by atoms with E-state index in [-0.39, 0.29) is 6.04 Å². The molecule has 0 saturated heterocycles. The van der Waals surface area contributed by atoms with E-state index in [0.717, 1.165) is 13.0 Å². The molecule has 0 aliphatic rings. The Hall–Kier alpha value is -1.80. The Morgan fingerprint density at radius 3 is 2.21 bits per heavy atom. The molecule has 0 bridgehead atoms. The average Bonchev–Trinajstić information content (AvgIpc) is 2.49. The summed E-state index contributed by atoms with van der Waals surface area (Å²) in [7, 11) is 0. The number of hydrogen-bond acceptors (Lipinski definition) is 2. The van der Waals surface area contributed by atoms with Gasteiger partial charge in [-0.2, -0.15) is 0 Å². The van der Waals surface area contributed by atoms with Crippen molar-refractivity contribution in [3.63, 3.8) is 0 Å². The highest BCUT2D eigenvalue weighted by Crippen LogP contribution is 2.31. The van der Waals surface area contributed by atoms with E-state index in [2.05, 4.69) is 67.3 Å². The van der Waals surface area contributed by atoms with E-state index >= 15 is 0 Å². The maximum absolute atomic E-state index is 6.24. The second-order valence-electron chi connectivity index (χ2n) is 4.65. The van der Waals surface area contributed by atoms with Crippen LogP contribution in [-0.4, -0.2) is 6.54 Å². The molecule has 0 fully saturated rings. The van der Waals surface area contributed by atoms with Gasteiger partial charge in [0.15, 0.2) is 0 Å². The molecule has 2 heteroatoms. The van der Waals surface area contributed by atoms with Crippen LogP contribution in [0.5, 0.6) is 0 Å². The molecule has 19 heavy (non-hydrogen) atoms. The number of hydrogen-bond donors (Lipinski definition) is 1. The molecule has 0 saturated carbocycles. The lowest BCUT2D eigenvalue weighted by atomic mass is 10.0. The number of benzene rings is 2. The maximum atomic E-state index is 6.24. The molecule has 0 aliphatic carbocycles. The van der Waals surface area contributed by atoms with Crippen LogP contribution in [-0.2, 0) is 0 Å². The van der Waals surface area contributed by atoms with Crippen LogP contribution < -0.4 is 10.6 Å². The molecule has 0 amide bonds. The van der Waals surface area contributed by atoms with Gasteiger partial charge in [0.2, 0.25) is 0 Å². The number of para-hydroxylation sites is 2. The third kappa shape index (κ3) is 2.96. The average molecular weight is 254 g/mol. The second-order valence-corrected chi connectivity index (χ2v) is 4.65. The predicted molar refractivity (Wildman–Crippen MR) is 82.8 cm³/mol. The van der Waals surface area contributed by atoms with Crippen LogP contribution in [0.15, 0.2) is 54.6 Å². The fourth-order valence-electron chi connectivity index (χ4n) is 2.37. The van der Waals surface area contributed by atoms with Crippen LogP contribution in [0.4, 0.5) is 11.4 Å². The van der Waals surface area contributed by atoms with Crippen molar-refractivity contribution < 1.29 is 0 Å².